The maximum Gasteiger partial charge on any atom is 0.337 e. The highest BCUT2D eigenvalue weighted by atomic mass is 16.5. The van der Waals surface area contributed by atoms with Crippen LogP contribution in [0, 0.1) is 0 Å². The van der Waals surface area contributed by atoms with Crippen molar-refractivity contribution in [2.45, 2.75) is 6.54 Å². The third kappa shape index (κ3) is 3.64. The van der Waals surface area contributed by atoms with Crippen molar-refractivity contribution in [2.75, 3.05) is 27.3 Å². The number of methoxy groups -OCH3 is 1. The van der Waals surface area contributed by atoms with E-state index >= 15 is 0 Å². The molecule has 0 aliphatic rings. The second-order valence-electron chi connectivity index (χ2n) is 3.65. The van der Waals surface area contributed by atoms with Crippen molar-refractivity contribution in [3.63, 3.8) is 0 Å². The molecule has 0 saturated heterocycles. The number of carbonyl (C=O) groups excluding carboxylic acids is 1. The molecule has 0 bridgehead atoms. The van der Waals surface area contributed by atoms with E-state index in [2.05, 4.69) is 4.74 Å². The summed E-state index contributed by atoms with van der Waals surface area (Å²) in [5, 5.41) is 8.78. The average Bonchev–Trinajstić information content (AvgIpc) is 2.28. The van der Waals surface area contributed by atoms with Gasteiger partial charge in [-0.15, -0.1) is 0 Å². The number of carbonyl (C=O) groups is 1. The molecule has 0 aromatic heterocycles. The molecule has 0 aliphatic heterocycles. The Bertz CT molecular complexity index is 352. The lowest BCUT2D eigenvalue weighted by atomic mass is 10.1. The molecular formula is C12H17NO3. The van der Waals surface area contributed by atoms with Crippen LogP contribution in [0.3, 0.4) is 0 Å². The second kappa shape index (κ2) is 6.25. The van der Waals surface area contributed by atoms with Gasteiger partial charge in [-0.25, -0.2) is 4.79 Å². The van der Waals surface area contributed by atoms with Crippen LogP contribution in [0.25, 0.3) is 0 Å². The van der Waals surface area contributed by atoms with Crippen molar-refractivity contribution in [3.05, 3.63) is 35.4 Å². The molecule has 0 saturated carbocycles. The molecule has 1 rings (SSSR count). The zero-order valence-electron chi connectivity index (χ0n) is 9.64. The largest absolute Gasteiger partial charge is 0.465 e. The van der Waals surface area contributed by atoms with E-state index in [0.717, 1.165) is 5.56 Å². The highest BCUT2D eigenvalue weighted by Gasteiger charge is 2.06. The summed E-state index contributed by atoms with van der Waals surface area (Å²) >= 11 is 0. The first-order valence-corrected chi connectivity index (χ1v) is 5.14. The van der Waals surface area contributed by atoms with Crippen molar-refractivity contribution in [1.82, 2.24) is 4.90 Å². The zero-order valence-corrected chi connectivity index (χ0v) is 9.64. The summed E-state index contributed by atoms with van der Waals surface area (Å²) in [6, 6.07) is 7.30. The van der Waals surface area contributed by atoms with Gasteiger partial charge in [-0.2, -0.15) is 0 Å². The summed E-state index contributed by atoms with van der Waals surface area (Å²) in [6.45, 7) is 1.45. The highest BCUT2D eigenvalue weighted by Crippen LogP contribution is 2.08. The SMILES string of the molecule is COC(=O)c1cccc(CN(C)CCO)c1. The molecule has 0 aliphatic carbocycles. The predicted octanol–water partition coefficient (Wildman–Crippen LogP) is 0.897. The molecule has 0 amide bonds. The van der Waals surface area contributed by atoms with E-state index in [1.807, 2.05) is 24.1 Å². The average molecular weight is 223 g/mol. The first-order valence-electron chi connectivity index (χ1n) is 5.14. The molecule has 16 heavy (non-hydrogen) atoms. The van der Waals surface area contributed by atoms with Crippen molar-refractivity contribution in [2.24, 2.45) is 0 Å². The first-order chi connectivity index (χ1) is 7.67. The molecule has 4 heteroatoms. The molecule has 0 heterocycles. The van der Waals surface area contributed by atoms with Gasteiger partial charge in [-0.05, 0) is 24.7 Å². The number of rotatable bonds is 5. The highest BCUT2D eigenvalue weighted by molar-refractivity contribution is 5.89. The van der Waals surface area contributed by atoms with E-state index in [4.69, 9.17) is 5.11 Å². The molecule has 1 aromatic carbocycles. The maximum absolute atomic E-state index is 11.3. The van der Waals surface area contributed by atoms with Crippen LogP contribution < -0.4 is 0 Å². The van der Waals surface area contributed by atoms with E-state index in [1.54, 1.807) is 12.1 Å². The summed E-state index contributed by atoms with van der Waals surface area (Å²) in [5.74, 6) is -0.327. The third-order valence-electron chi connectivity index (χ3n) is 2.28. The van der Waals surface area contributed by atoms with Crippen LogP contribution in [0.5, 0.6) is 0 Å². The van der Waals surface area contributed by atoms with E-state index in [9.17, 15) is 4.79 Å². The Morgan fingerprint density at radius 1 is 1.50 bits per heavy atom. The molecule has 88 valence electrons. The minimum absolute atomic E-state index is 0.132. The van der Waals surface area contributed by atoms with Crippen LogP contribution in [0.1, 0.15) is 15.9 Å². The zero-order chi connectivity index (χ0) is 12.0. The number of ether oxygens (including phenoxy) is 1. The Kier molecular flexibility index (Phi) is 4.95. The normalized spacial score (nSPS) is 10.5. The molecule has 0 fully saturated rings. The maximum atomic E-state index is 11.3. The Balaban J connectivity index is 2.70. The minimum Gasteiger partial charge on any atom is -0.465 e. The fourth-order valence-electron chi connectivity index (χ4n) is 1.48. The molecule has 0 atom stereocenters. The van der Waals surface area contributed by atoms with Crippen molar-refractivity contribution >= 4 is 5.97 Å². The van der Waals surface area contributed by atoms with Crippen molar-refractivity contribution in [3.8, 4) is 0 Å². The Morgan fingerprint density at radius 3 is 2.88 bits per heavy atom. The molecule has 1 aromatic rings. The van der Waals surface area contributed by atoms with Gasteiger partial charge in [0.1, 0.15) is 0 Å². The smallest absolute Gasteiger partial charge is 0.337 e. The molecule has 0 spiro atoms. The van der Waals surface area contributed by atoms with Crippen molar-refractivity contribution < 1.29 is 14.6 Å². The van der Waals surface area contributed by atoms with Crippen LogP contribution >= 0.6 is 0 Å². The number of hydrogen-bond acceptors (Lipinski definition) is 4. The van der Waals surface area contributed by atoms with Gasteiger partial charge in [0.25, 0.3) is 0 Å². The third-order valence-corrected chi connectivity index (χ3v) is 2.28. The number of nitrogens with zero attached hydrogens (tertiary/aromatic N) is 1. The van der Waals surface area contributed by atoms with Crippen LogP contribution in [-0.2, 0) is 11.3 Å². The van der Waals surface area contributed by atoms with E-state index in [-0.39, 0.29) is 12.6 Å². The van der Waals surface area contributed by atoms with Gasteiger partial charge in [0.05, 0.1) is 19.3 Å². The Labute approximate surface area is 95.5 Å². The topological polar surface area (TPSA) is 49.8 Å². The van der Waals surface area contributed by atoms with Crippen LogP contribution in [0.2, 0.25) is 0 Å². The van der Waals surface area contributed by atoms with E-state index < -0.39 is 0 Å². The standard InChI is InChI=1S/C12H17NO3/c1-13(6-7-14)9-10-4-3-5-11(8-10)12(15)16-2/h3-5,8,14H,6-7,9H2,1-2H3. The number of hydrogen-bond donors (Lipinski definition) is 1. The molecule has 0 unspecified atom stereocenters. The second-order valence-corrected chi connectivity index (χ2v) is 3.65. The Hall–Kier alpha value is -1.39. The van der Waals surface area contributed by atoms with Gasteiger partial charge in [0.2, 0.25) is 0 Å². The van der Waals surface area contributed by atoms with Gasteiger partial charge < -0.3 is 9.84 Å². The predicted molar refractivity (Wildman–Crippen MR) is 61.2 cm³/mol. The van der Waals surface area contributed by atoms with Gasteiger partial charge in [-0.1, -0.05) is 12.1 Å². The lowest BCUT2D eigenvalue weighted by molar-refractivity contribution is 0.0600. The summed E-state index contributed by atoms with van der Waals surface area (Å²) in [7, 11) is 3.29. The molecule has 1 N–H and O–H groups in total. The van der Waals surface area contributed by atoms with Crippen LogP contribution in [0.15, 0.2) is 24.3 Å². The molecule has 0 radical (unpaired) electrons. The summed E-state index contributed by atoms with van der Waals surface area (Å²) < 4.78 is 4.65. The summed E-state index contributed by atoms with van der Waals surface area (Å²) in [6.07, 6.45) is 0. The van der Waals surface area contributed by atoms with Gasteiger partial charge >= 0.3 is 5.97 Å². The Morgan fingerprint density at radius 2 is 2.25 bits per heavy atom. The quantitative estimate of drug-likeness (QED) is 0.753. The van der Waals surface area contributed by atoms with E-state index in [1.165, 1.54) is 7.11 Å². The fourth-order valence-corrected chi connectivity index (χ4v) is 1.48. The molecular weight excluding hydrogens is 206 g/mol. The summed E-state index contributed by atoms with van der Waals surface area (Å²) in [5.41, 5.74) is 1.58. The van der Waals surface area contributed by atoms with E-state index in [0.29, 0.717) is 18.7 Å². The fraction of sp³-hybridized carbons (Fsp3) is 0.417. The van der Waals surface area contributed by atoms with Crippen molar-refractivity contribution in [1.29, 1.82) is 0 Å². The number of benzene rings is 1. The number of esters is 1. The lowest BCUT2D eigenvalue weighted by Crippen LogP contribution is -2.21. The number of aliphatic hydroxyl groups is 1. The van der Waals surface area contributed by atoms with Crippen LogP contribution in [0.4, 0.5) is 0 Å². The summed E-state index contributed by atoms with van der Waals surface area (Å²) in [4.78, 5) is 13.3. The molecule has 4 nitrogen and oxygen atoms in total. The first kappa shape index (κ1) is 12.7. The minimum atomic E-state index is -0.327. The van der Waals surface area contributed by atoms with Gasteiger partial charge in [0, 0.05) is 13.1 Å². The number of likely N-dealkylation sites (N-methyl/N-ethyl adjacent to an activating group) is 1. The van der Waals surface area contributed by atoms with Crippen LogP contribution in [-0.4, -0.2) is 43.3 Å². The number of aliphatic hydroxyl groups excluding tert-OH is 1. The van der Waals surface area contributed by atoms with Gasteiger partial charge in [-0.3, -0.25) is 4.90 Å². The lowest BCUT2D eigenvalue weighted by Gasteiger charge is -2.15. The monoisotopic (exact) mass is 223 g/mol. The van der Waals surface area contributed by atoms with Gasteiger partial charge in [0.15, 0.2) is 0 Å².